The van der Waals surface area contributed by atoms with Crippen LogP contribution in [0.4, 0.5) is 0 Å². The summed E-state index contributed by atoms with van der Waals surface area (Å²) >= 11 is 0. The first-order chi connectivity index (χ1) is 10.7. The van der Waals surface area contributed by atoms with E-state index >= 15 is 0 Å². The molecule has 0 saturated carbocycles. The fraction of sp³-hybridized carbons (Fsp3) is 0.500. The van der Waals surface area contributed by atoms with E-state index in [1.165, 1.54) is 0 Å². The molecule has 0 bridgehead atoms. The van der Waals surface area contributed by atoms with Crippen LogP contribution in [0.2, 0.25) is 0 Å². The second-order valence-electron chi connectivity index (χ2n) is 5.59. The van der Waals surface area contributed by atoms with Crippen molar-refractivity contribution >= 4 is 11.8 Å². The molecule has 0 spiro atoms. The van der Waals surface area contributed by atoms with Crippen LogP contribution in [-0.4, -0.2) is 31.2 Å². The van der Waals surface area contributed by atoms with Crippen molar-refractivity contribution in [2.24, 2.45) is 0 Å². The van der Waals surface area contributed by atoms with E-state index in [4.69, 9.17) is 9.47 Å². The summed E-state index contributed by atoms with van der Waals surface area (Å²) in [6.07, 6.45) is 3.69. The van der Waals surface area contributed by atoms with Gasteiger partial charge in [0.1, 0.15) is 6.04 Å². The molecule has 1 atom stereocenters. The van der Waals surface area contributed by atoms with Crippen molar-refractivity contribution in [3.05, 3.63) is 23.8 Å². The minimum atomic E-state index is -0.397. The molecule has 2 N–H and O–H groups in total. The number of fused-ring (bicyclic) bond motifs is 1. The van der Waals surface area contributed by atoms with E-state index in [1.54, 1.807) is 0 Å². The standard InChI is InChI=1S/C16H20N2O4/c19-15-4-2-1-3-12(18-15)16(20)17-8-7-11-5-6-13-14(9-11)22-10-21-13/h5-6,9,12H,1-4,7-8,10H2,(H,17,20)(H,18,19)/t12-/m0/s1. The minimum absolute atomic E-state index is 0.0339. The number of rotatable bonds is 4. The Hall–Kier alpha value is -2.24. The fourth-order valence-corrected chi connectivity index (χ4v) is 2.72. The third kappa shape index (κ3) is 3.50. The maximum atomic E-state index is 12.1. The van der Waals surface area contributed by atoms with Crippen LogP contribution < -0.4 is 20.1 Å². The molecule has 3 rings (SSSR count). The third-order valence-electron chi connectivity index (χ3n) is 3.95. The van der Waals surface area contributed by atoms with Crippen LogP contribution in [0.5, 0.6) is 11.5 Å². The number of hydrogen-bond donors (Lipinski definition) is 2. The number of nitrogens with one attached hydrogen (secondary N) is 2. The quantitative estimate of drug-likeness (QED) is 0.874. The Balaban J connectivity index is 1.48. The van der Waals surface area contributed by atoms with Gasteiger partial charge in [-0.05, 0) is 37.0 Å². The fourth-order valence-electron chi connectivity index (χ4n) is 2.72. The Morgan fingerprint density at radius 2 is 2.14 bits per heavy atom. The second kappa shape index (κ2) is 6.68. The Kier molecular flexibility index (Phi) is 4.46. The molecule has 6 heteroatoms. The van der Waals surface area contributed by atoms with Gasteiger partial charge >= 0.3 is 0 Å². The highest BCUT2D eigenvalue weighted by Gasteiger charge is 2.22. The number of carbonyl (C=O) groups excluding carboxylic acids is 2. The van der Waals surface area contributed by atoms with Crippen molar-refractivity contribution in [1.29, 1.82) is 0 Å². The molecule has 2 aliphatic heterocycles. The van der Waals surface area contributed by atoms with E-state index in [-0.39, 0.29) is 18.6 Å². The summed E-state index contributed by atoms with van der Waals surface area (Å²) in [6.45, 7) is 0.793. The number of hydrogen-bond acceptors (Lipinski definition) is 4. The molecule has 22 heavy (non-hydrogen) atoms. The van der Waals surface area contributed by atoms with E-state index < -0.39 is 6.04 Å². The van der Waals surface area contributed by atoms with Crippen LogP contribution in [0.15, 0.2) is 18.2 Å². The Morgan fingerprint density at radius 1 is 1.27 bits per heavy atom. The van der Waals surface area contributed by atoms with Crippen molar-refractivity contribution < 1.29 is 19.1 Å². The van der Waals surface area contributed by atoms with Crippen molar-refractivity contribution in [2.75, 3.05) is 13.3 Å². The molecule has 0 aliphatic carbocycles. The lowest BCUT2D eigenvalue weighted by Crippen LogP contribution is -2.46. The normalized spacial score (nSPS) is 20.2. The van der Waals surface area contributed by atoms with Gasteiger partial charge in [0.25, 0.3) is 0 Å². The average Bonchev–Trinajstić information content (AvgIpc) is 2.87. The Bertz CT molecular complexity index is 573. The lowest BCUT2D eigenvalue weighted by atomic mass is 10.1. The number of benzene rings is 1. The van der Waals surface area contributed by atoms with Crippen molar-refractivity contribution in [3.8, 4) is 11.5 Å². The minimum Gasteiger partial charge on any atom is -0.454 e. The average molecular weight is 304 g/mol. The smallest absolute Gasteiger partial charge is 0.242 e. The van der Waals surface area contributed by atoms with Gasteiger partial charge in [0.15, 0.2) is 11.5 Å². The summed E-state index contributed by atoms with van der Waals surface area (Å²) < 4.78 is 10.6. The third-order valence-corrected chi connectivity index (χ3v) is 3.95. The van der Waals surface area contributed by atoms with Gasteiger partial charge in [-0.1, -0.05) is 12.5 Å². The van der Waals surface area contributed by atoms with Gasteiger partial charge in [0.2, 0.25) is 18.6 Å². The zero-order chi connectivity index (χ0) is 15.4. The highest BCUT2D eigenvalue weighted by molar-refractivity contribution is 5.87. The van der Waals surface area contributed by atoms with E-state index in [0.717, 1.165) is 29.9 Å². The molecule has 2 aliphatic rings. The molecule has 0 unspecified atom stereocenters. The van der Waals surface area contributed by atoms with Crippen molar-refractivity contribution in [1.82, 2.24) is 10.6 Å². The molecule has 1 aromatic rings. The maximum Gasteiger partial charge on any atom is 0.242 e. The Labute approximate surface area is 129 Å². The lowest BCUT2D eigenvalue weighted by Gasteiger charge is -2.15. The molecule has 0 aromatic heterocycles. The van der Waals surface area contributed by atoms with Crippen LogP contribution in [0.3, 0.4) is 0 Å². The largest absolute Gasteiger partial charge is 0.454 e. The molecule has 1 fully saturated rings. The van der Waals surface area contributed by atoms with Gasteiger partial charge < -0.3 is 20.1 Å². The number of amides is 2. The van der Waals surface area contributed by atoms with Crippen LogP contribution in [0, 0.1) is 0 Å². The van der Waals surface area contributed by atoms with Crippen LogP contribution >= 0.6 is 0 Å². The first kappa shape index (κ1) is 14.7. The first-order valence-electron chi connectivity index (χ1n) is 7.68. The number of carbonyl (C=O) groups is 2. The monoisotopic (exact) mass is 304 g/mol. The topological polar surface area (TPSA) is 76.7 Å². The number of ether oxygens (including phenoxy) is 2. The van der Waals surface area contributed by atoms with Gasteiger partial charge in [-0.15, -0.1) is 0 Å². The molecule has 2 heterocycles. The van der Waals surface area contributed by atoms with Crippen molar-refractivity contribution in [2.45, 2.75) is 38.1 Å². The van der Waals surface area contributed by atoms with Gasteiger partial charge in [-0.2, -0.15) is 0 Å². The molecule has 1 saturated heterocycles. The van der Waals surface area contributed by atoms with Crippen LogP contribution in [0.1, 0.15) is 31.2 Å². The molecule has 118 valence electrons. The first-order valence-corrected chi connectivity index (χ1v) is 7.68. The van der Waals surface area contributed by atoms with Gasteiger partial charge in [-0.25, -0.2) is 0 Å². The summed E-state index contributed by atoms with van der Waals surface area (Å²) in [5.74, 6) is 1.37. The molecule has 1 aromatic carbocycles. The highest BCUT2D eigenvalue weighted by Crippen LogP contribution is 2.32. The lowest BCUT2D eigenvalue weighted by molar-refractivity contribution is -0.128. The van der Waals surface area contributed by atoms with Crippen LogP contribution in [-0.2, 0) is 16.0 Å². The van der Waals surface area contributed by atoms with E-state index in [1.807, 2.05) is 18.2 Å². The highest BCUT2D eigenvalue weighted by atomic mass is 16.7. The summed E-state index contributed by atoms with van der Waals surface area (Å²) in [6, 6.07) is 5.38. The molecule has 6 nitrogen and oxygen atoms in total. The van der Waals surface area contributed by atoms with Gasteiger partial charge in [-0.3, -0.25) is 9.59 Å². The molecular formula is C16H20N2O4. The van der Waals surface area contributed by atoms with E-state index in [9.17, 15) is 9.59 Å². The Morgan fingerprint density at radius 3 is 3.05 bits per heavy atom. The predicted molar refractivity (Wildman–Crippen MR) is 79.7 cm³/mol. The zero-order valence-corrected chi connectivity index (χ0v) is 12.4. The van der Waals surface area contributed by atoms with E-state index in [2.05, 4.69) is 10.6 Å². The summed E-state index contributed by atoms with van der Waals surface area (Å²) in [5.41, 5.74) is 1.08. The molecule has 0 radical (unpaired) electrons. The summed E-state index contributed by atoms with van der Waals surface area (Å²) in [7, 11) is 0. The zero-order valence-electron chi connectivity index (χ0n) is 12.4. The van der Waals surface area contributed by atoms with Gasteiger partial charge in [0, 0.05) is 13.0 Å². The molecular weight excluding hydrogens is 284 g/mol. The second-order valence-corrected chi connectivity index (χ2v) is 5.59. The van der Waals surface area contributed by atoms with Crippen molar-refractivity contribution in [3.63, 3.8) is 0 Å². The summed E-state index contributed by atoms with van der Waals surface area (Å²) in [4.78, 5) is 23.6. The van der Waals surface area contributed by atoms with Gasteiger partial charge in [0.05, 0.1) is 0 Å². The van der Waals surface area contributed by atoms with E-state index in [0.29, 0.717) is 25.8 Å². The molecule has 2 amide bonds. The summed E-state index contributed by atoms with van der Waals surface area (Å²) in [5, 5.41) is 5.66. The van der Waals surface area contributed by atoms with Crippen LogP contribution in [0.25, 0.3) is 0 Å². The predicted octanol–water partition coefficient (Wildman–Crippen LogP) is 1.13. The maximum absolute atomic E-state index is 12.1. The SMILES string of the molecule is O=C1CCCC[C@@H](C(=O)NCCc2ccc3c(c2)OCO3)N1.